The van der Waals surface area contributed by atoms with E-state index in [4.69, 9.17) is 4.74 Å². The van der Waals surface area contributed by atoms with Crippen LogP contribution in [-0.2, 0) is 11.4 Å². The molecule has 0 unspecified atom stereocenters. The van der Waals surface area contributed by atoms with Gasteiger partial charge in [-0.2, -0.15) is 0 Å². The topological polar surface area (TPSA) is 42.4 Å². The maximum atomic E-state index is 12.0. The predicted molar refractivity (Wildman–Crippen MR) is 107 cm³/mol. The molecule has 4 heteroatoms. The Bertz CT molecular complexity index is 1060. The fourth-order valence-electron chi connectivity index (χ4n) is 3.05. The van der Waals surface area contributed by atoms with Crippen LogP contribution in [0, 0.1) is 0 Å². The molecule has 0 spiro atoms. The number of rotatable bonds is 6. The van der Waals surface area contributed by atoms with E-state index in [9.17, 15) is 4.79 Å². The maximum Gasteiger partial charge on any atom is 0.220 e. The standard InChI is InChI=1S/C23H18N2O2/c26-17-25(21-13-6-11-19-10-4-5-12-20(19)21)23-22(14-7-15-24-23)27-16-18-8-2-1-3-9-18/h1-15,17H,16H2. The van der Waals surface area contributed by atoms with Gasteiger partial charge >= 0.3 is 0 Å². The molecule has 27 heavy (non-hydrogen) atoms. The average Bonchev–Trinajstić information content (AvgIpc) is 2.74. The number of carbonyl (C=O) groups is 1. The molecular weight excluding hydrogens is 336 g/mol. The van der Waals surface area contributed by atoms with Crippen LogP contribution in [0.2, 0.25) is 0 Å². The minimum absolute atomic E-state index is 0.405. The van der Waals surface area contributed by atoms with Crippen LogP contribution in [0.5, 0.6) is 5.75 Å². The van der Waals surface area contributed by atoms with Gasteiger partial charge in [0, 0.05) is 11.6 Å². The van der Waals surface area contributed by atoms with Crippen molar-refractivity contribution in [2.75, 3.05) is 4.90 Å². The minimum atomic E-state index is 0.405. The summed E-state index contributed by atoms with van der Waals surface area (Å²) in [5, 5.41) is 2.04. The molecule has 4 aromatic rings. The Morgan fingerprint density at radius 3 is 2.48 bits per heavy atom. The van der Waals surface area contributed by atoms with Gasteiger partial charge in [-0.25, -0.2) is 4.98 Å². The van der Waals surface area contributed by atoms with Gasteiger partial charge in [-0.3, -0.25) is 9.69 Å². The highest BCUT2D eigenvalue weighted by Gasteiger charge is 2.17. The van der Waals surface area contributed by atoms with Crippen LogP contribution < -0.4 is 9.64 Å². The SMILES string of the molecule is O=CN(c1ncccc1OCc1ccccc1)c1cccc2ccccc12. The van der Waals surface area contributed by atoms with E-state index in [-0.39, 0.29) is 0 Å². The highest BCUT2D eigenvalue weighted by molar-refractivity contribution is 6.02. The van der Waals surface area contributed by atoms with Crippen molar-refractivity contribution in [3.05, 3.63) is 96.7 Å². The molecule has 0 saturated heterocycles. The van der Waals surface area contributed by atoms with Crippen molar-refractivity contribution in [1.29, 1.82) is 0 Å². The molecule has 1 heterocycles. The lowest BCUT2D eigenvalue weighted by atomic mass is 10.1. The largest absolute Gasteiger partial charge is 0.485 e. The van der Waals surface area contributed by atoms with Crippen molar-refractivity contribution in [2.24, 2.45) is 0 Å². The Labute approximate surface area is 157 Å². The van der Waals surface area contributed by atoms with E-state index in [1.807, 2.05) is 78.9 Å². The normalized spacial score (nSPS) is 10.5. The molecule has 0 aliphatic heterocycles. The number of hydrogen-bond donors (Lipinski definition) is 0. The molecule has 3 aromatic carbocycles. The summed E-state index contributed by atoms with van der Waals surface area (Å²) in [6.07, 6.45) is 2.44. The number of nitrogens with zero attached hydrogens (tertiary/aromatic N) is 2. The van der Waals surface area contributed by atoms with Crippen LogP contribution in [0.15, 0.2) is 91.1 Å². The summed E-state index contributed by atoms with van der Waals surface area (Å²) in [5.41, 5.74) is 1.82. The summed E-state index contributed by atoms with van der Waals surface area (Å²) < 4.78 is 5.98. The average molecular weight is 354 g/mol. The second-order valence-corrected chi connectivity index (χ2v) is 6.07. The second-order valence-electron chi connectivity index (χ2n) is 6.07. The van der Waals surface area contributed by atoms with Gasteiger partial charge in [0.1, 0.15) is 6.61 Å². The number of pyridine rings is 1. The molecule has 0 aliphatic rings. The van der Waals surface area contributed by atoms with Crippen molar-refractivity contribution in [3.8, 4) is 5.75 Å². The van der Waals surface area contributed by atoms with E-state index in [1.54, 1.807) is 12.3 Å². The molecule has 1 aromatic heterocycles. The van der Waals surface area contributed by atoms with E-state index in [1.165, 1.54) is 4.90 Å². The first kappa shape index (κ1) is 16.8. The zero-order valence-corrected chi connectivity index (χ0v) is 14.7. The molecule has 0 fully saturated rings. The fourth-order valence-corrected chi connectivity index (χ4v) is 3.05. The number of ether oxygens (including phenoxy) is 1. The van der Waals surface area contributed by atoms with E-state index in [0.717, 1.165) is 28.4 Å². The molecule has 1 amide bonds. The number of anilines is 2. The number of hydrogen-bond acceptors (Lipinski definition) is 3. The Morgan fingerprint density at radius 1 is 0.852 bits per heavy atom. The third-order valence-electron chi connectivity index (χ3n) is 4.35. The third-order valence-corrected chi connectivity index (χ3v) is 4.35. The van der Waals surface area contributed by atoms with E-state index in [0.29, 0.717) is 18.2 Å². The molecular formula is C23H18N2O2. The lowest BCUT2D eigenvalue weighted by Crippen LogP contribution is -2.17. The molecule has 0 N–H and O–H groups in total. The molecule has 0 bridgehead atoms. The van der Waals surface area contributed by atoms with E-state index < -0.39 is 0 Å². The second kappa shape index (κ2) is 7.70. The smallest absolute Gasteiger partial charge is 0.220 e. The molecule has 0 radical (unpaired) electrons. The minimum Gasteiger partial charge on any atom is -0.485 e. The summed E-state index contributed by atoms with van der Waals surface area (Å²) in [5.74, 6) is 1.03. The number of amides is 1. The maximum absolute atomic E-state index is 12.0. The first-order chi connectivity index (χ1) is 13.4. The summed E-state index contributed by atoms with van der Waals surface area (Å²) in [4.78, 5) is 18.0. The van der Waals surface area contributed by atoms with Crippen molar-refractivity contribution in [2.45, 2.75) is 6.61 Å². The Morgan fingerprint density at radius 2 is 1.63 bits per heavy atom. The van der Waals surface area contributed by atoms with Gasteiger partial charge < -0.3 is 4.74 Å². The summed E-state index contributed by atoms with van der Waals surface area (Å²) in [6, 6.07) is 27.3. The van der Waals surface area contributed by atoms with Crippen LogP contribution in [0.25, 0.3) is 10.8 Å². The van der Waals surface area contributed by atoms with Gasteiger partial charge in [0.2, 0.25) is 6.41 Å². The molecule has 4 nitrogen and oxygen atoms in total. The predicted octanol–water partition coefficient (Wildman–Crippen LogP) is 5.11. The molecule has 132 valence electrons. The summed E-state index contributed by atoms with van der Waals surface area (Å²) in [7, 11) is 0. The zero-order chi connectivity index (χ0) is 18.5. The number of carbonyl (C=O) groups excluding carboxylic acids is 1. The van der Waals surface area contributed by atoms with Crippen molar-refractivity contribution < 1.29 is 9.53 Å². The van der Waals surface area contributed by atoms with Gasteiger partial charge in [0.05, 0.1) is 5.69 Å². The van der Waals surface area contributed by atoms with E-state index in [2.05, 4.69) is 4.98 Å². The Kier molecular flexibility index (Phi) is 4.79. The first-order valence-corrected chi connectivity index (χ1v) is 8.71. The highest BCUT2D eigenvalue weighted by Crippen LogP contribution is 2.35. The van der Waals surface area contributed by atoms with Gasteiger partial charge in [-0.05, 0) is 29.1 Å². The van der Waals surface area contributed by atoms with Crippen molar-refractivity contribution in [1.82, 2.24) is 4.98 Å². The first-order valence-electron chi connectivity index (χ1n) is 8.71. The van der Waals surface area contributed by atoms with Crippen LogP contribution in [0.3, 0.4) is 0 Å². The quantitative estimate of drug-likeness (QED) is 0.452. The molecule has 4 rings (SSSR count). The molecule has 0 saturated carbocycles. The summed E-state index contributed by atoms with van der Waals surface area (Å²) in [6.45, 7) is 0.405. The fraction of sp³-hybridized carbons (Fsp3) is 0.0435. The third kappa shape index (κ3) is 3.51. The van der Waals surface area contributed by atoms with Crippen LogP contribution in [0.1, 0.15) is 5.56 Å². The zero-order valence-electron chi connectivity index (χ0n) is 14.7. The van der Waals surface area contributed by atoms with Gasteiger partial charge in [-0.15, -0.1) is 0 Å². The number of benzene rings is 3. The molecule has 0 aliphatic carbocycles. The van der Waals surface area contributed by atoms with Crippen LogP contribution >= 0.6 is 0 Å². The number of fused-ring (bicyclic) bond motifs is 1. The monoisotopic (exact) mass is 354 g/mol. The van der Waals surface area contributed by atoms with Crippen molar-refractivity contribution in [3.63, 3.8) is 0 Å². The number of aromatic nitrogens is 1. The van der Waals surface area contributed by atoms with E-state index >= 15 is 0 Å². The van der Waals surface area contributed by atoms with Gasteiger partial charge in [-0.1, -0.05) is 66.7 Å². The summed E-state index contributed by atoms with van der Waals surface area (Å²) >= 11 is 0. The van der Waals surface area contributed by atoms with Crippen LogP contribution in [-0.4, -0.2) is 11.4 Å². The Hall–Kier alpha value is -3.66. The van der Waals surface area contributed by atoms with Crippen LogP contribution in [0.4, 0.5) is 11.5 Å². The lowest BCUT2D eigenvalue weighted by molar-refractivity contribution is -0.106. The van der Waals surface area contributed by atoms with Gasteiger partial charge in [0.25, 0.3) is 0 Å². The van der Waals surface area contributed by atoms with Gasteiger partial charge in [0.15, 0.2) is 11.6 Å². The molecule has 0 atom stereocenters. The Balaban J connectivity index is 1.72. The van der Waals surface area contributed by atoms with Crippen molar-refractivity contribution >= 4 is 28.7 Å². The highest BCUT2D eigenvalue weighted by atomic mass is 16.5. The lowest BCUT2D eigenvalue weighted by Gasteiger charge is -2.21.